The van der Waals surface area contributed by atoms with Gasteiger partial charge in [-0.1, -0.05) is 18.2 Å². The smallest absolute Gasteiger partial charge is 0.272 e. The number of hydrogen-bond donors (Lipinski definition) is 3. The summed E-state index contributed by atoms with van der Waals surface area (Å²) >= 11 is 0. The number of nitrogens with one attached hydrogen (secondary N) is 3. The third-order valence-corrected chi connectivity index (χ3v) is 4.53. The molecule has 3 N–H and O–H groups in total. The highest BCUT2D eigenvalue weighted by Crippen LogP contribution is 2.18. The minimum absolute atomic E-state index is 0.233. The molecule has 0 radical (unpaired) electrons. The standard InChI is InChI=1S/C23H19N3O3/c1-29-19-12-10-18(11-13-19)24-22(27)15-6-8-17(9-7-15)25-23(28)21-14-16-4-2-3-5-20(16)26-21/h2-14,26H,1H3,(H,24,27)(H,25,28). The third-order valence-electron chi connectivity index (χ3n) is 4.53. The van der Waals surface area contributed by atoms with Crippen molar-refractivity contribution in [2.24, 2.45) is 0 Å². The van der Waals surface area contributed by atoms with E-state index in [0.29, 0.717) is 22.6 Å². The Balaban J connectivity index is 1.41. The Hall–Kier alpha value is -4.06. The molecule has 144 valence electrons. The summed E-state index contributed by atoms with van der Waals surface area (Å²) in [4.78, 5) is 27.9. The number of anilines is 2. The Morgan fingerprint density at radius 2 is 1.41 bits per heavy atom. The Labute approximate surface area is 167 Å². The molecule has 0 aliphatic carbocycles. The second-order valence-corrected chi connectivity index (χ2v) is 6.48. The van der Waals surface area contributed by atoms with Gasteiger partial charge in [0, 0.05) is 27.8 Å². The molecular weight excluding hydrogens is 366 g/mol. The summed E-state index contributed by atoms with van der Waals surface area (Å²) in [5.41, 5.74) is 3.15. The van der Waals surface area contributed by atoms with Crippen LogP contribution in [0.2, 0.25) is 0 Å². The molecule has 0 aliphatic heterocycles. The molecule has 0 unspecified atom stereocenters. The Morgan fingerprint density at radius 3 is 2.07 bits per heavy atom. The molecule has 0 saturated heterocycles. The second kappa shape index (κ2) is 7.90. The first-order valence-electron chi connectivity index (χ1n) is 9.07. The van der Waals surface area contributed by atoms with Gasteiger partial charge in [-0.05, 0) is 60.7 Å². The van der Waals surface area contributed by atoms with Gasteiger partial charge >= 0.3 is 0 Å². The SMILES string of the molecule is COc1ccc(NC(=O)c2ccc(NC(=O)c3cc4ccccc4[nH]3)cc2)cc1. The van der Waals surface area contributed by atoms with Crippen molar-refractivity contribution in [3.8, 4) is 5.75 Å². The Morgan fingerprint density at radius 1 is 0.793 bits per heavy atom. The molecule has 0 spiro atoms. The van der Waals surface area contributed by atoms with Gasteiger partial charge < -0.3 is 20.4 Å². The number of aromatic nitrogens is 1. The average Bonchev–Trinajstić information content (AvgIpc) is 3.19. The lowest BCUT2D eigenvalue weighted by atomic mass is 10.2. The first-order valence-corrected chi connectivity index (χ1v) is 9.07. The summed E-state index contributed by atoms with van der Waals surface area (Å²) in [5.74, 6) is 0.248. The van der Waals surface area contributed by atoms with Crippen molar-refractivity contribution < 1.29 is 14.3 Å². The van der Waals surface area contributed by atoms with Crippen LogP contribution in [0.5, 0.6) is 5.75 Å². The number of H-pyrrole nitrogens is 1. The first-order chi connectivity index (χ1) is 14.1. The molecule has 29 heavy (non-hydrogen) atoms. The van der Waals surface area contributed by atoms with Crippen LogP contribution in [0.1, 0.15) is 20.8 Å². The highest BCUT2D eigenvalue weighted by atomic mass is 16.5. The molecule has 0 fully saturated rings. The number of ether oxygens (including phenoxy) is 1. The van der Waals surface area contributed by atoms with E-state index < -0.39 is 0 Å². The lowest BCUT2D eigenvalue weighted by Crippen LogP contribution is -2.14. The maximum atomic E-state index is 12.5. The Kier molecular flexibility index (Phi) is 4.99. The van der Waals surface area contributed by atoms with Gasteiger partial charge in [0.1, 0.15) is 11.4 Å². The first kappa shape index (κ1) is 18.3. The maximum absolute atomic E-state index is 12.5. The summed E-state index contributed by atoms with van der Waals surface area (Å²) in [5, 5.41) is 6.63. The van der Waals surface area contributed by atoms with E-state index in [1.54, 1.807) is 61.7 Å². The lowest BCUT2D eigenvalue weighted by molar-refractivity contribution is 0.101. The van der Waals surface area contributed by atoms with Crippen LogP contribution in [-0.2, 0) is 0 Å². The van der Waals surface area contributed by atoms with Gasteiger partial charge in [-0.15, -0.1) is 0 Å². The minimum Gasteiger partial charge on any atom is -0.497 e. The van der Waals surface area contributed by atoms with E-state index in [4.69, 9.17) is 4.74 Å². The number of aromatic amines is 1. The van der Waals surface area contributed by atoms with Crippen LogP contribution < -0.4 is 15.4 Å². The van der Waals surface area contributed by atoms with Crippen molar-refractivity contribution in [3.63, 3.8) is 0 Å². The number of carbonyl (C=O) groups is 2. The molecule has 4 aromatic rings. The molecule has 1 heterocycles. The van der Waals surface area contributed by atoms with Gasteiger partial charge in [0.25, 0.3) is 11.8 Å². The van der Waals surface area contributed by atoms with E-state index in [-0.39, 0.29) is 11.8 Å². The minimum atomic E-state index is -0.239. The van der Waals surface area contributed by atoms with Crippen molar-refractivity contribution in [2.75, 3.05) is 17.7 Å². The molecule has 1 aromatic heterocycles. The number of para-hydroxylation sites is 1. The summed E-state index contributed by atoms with van der Waals surface area (Å²) in [6, 6.07) is 23.3. The van der Waals surface area contributed by atoms with Gasteiger partial charge in [-0.2, -0.15) is 0 Å². The van der Waals surface area contributed by atoms with Crippen LogP contribution in [-0.4, -0.2) is 23.9 Å². The zero-order chi connectivity index (χ0) is 20.2. The normalized spacial score (nSPS) is 10.5. The highest BCUT2D eigenvalue weighted by Gasteiger charge is 2.11. The van der Waals surface area contributed by atoms with Crippen molar-refractivity contribution >= 4 is 34.1 Å². The largest absolute Gasteiger partial charge is 0.497 e. The van der Waals surface area contributed by atoms with Gasteiger partial charge in [0.2, 0.25) is 0 Å². The predicted octanol–water partition coefficient (Wildman–Crippen LogP) is 4.68. The van der Waals surface area contributed by atoms with E-state index in [2.05, 4.69) is 15.6 Å². The molecule has 0 saturated carbocycles. The molecule has 6 nitrogen and oxygen atoms in total. The van der Waals surface area contributed by atoms with Crippen LogP contribution >= 0.6 is 0 Å². The molecule has 2 amide bonds. The summed E-state index contributed by atoms with van der Waals surface area (Å²) in [6.07, 6.45) is 0. The van der Waals surface area contributed by atoms with Crippen molar-refractivity contribution in [1.29, 1.82) is 0 Å². The summed E-state index contributed by atoms with van der Waals surface area (Å²) in [6.45, 7) is 0. The van der Waals surface area contributed by atoms with E-state index in [1.165, 1.54) is 0 Å². The van der Waals surface area contributed by atoms with E-state index in [9.17, 15) is 9.59 Å². The summed E-state index contributed by atoms with van der Waals surface area (Å²) < 4.78 is 5.10. The number of carbonyl (C=O) groups excluding carboxylic acids is 2. The Bertz CT molecular complexity index is 1130. The summed E-state index contributed by atoms with van der Waals surface area (Å²) in [7, 11) is 1.59. The van der Waals surface area contributed by atoms with Crippen LogP contribution in [0.15, 0.2) is 78.9 Å². The molecule has 0 bridgehead atoms. The van der Waals surface area contributed by atoms with Gasteiger partial charge in [0.05, 0.1) is 7.11 Å². The van der Waals surface area contributed by atoms with Gasteiger partial charge in [0.15, 0.2) is 0 Å². The van der Waals surface area contributed by atoms with E-state index in [0.717, 1.165) is 16.7 Å². The molecule has 3 aromatic carbocycles. The number of hydrogen-bond acceptors (Lipinski definition) is 3. The fourth-order valence-corrected chi connectivity index (χ4v) is 2.98. The highest BCUT2D eigenvalue weighted by molar-refractivity contribution is 6.07. The third kappa shape index (κ3) is 4.11. The lowest BCUT2D eigenvalue weighted by Gasteiger charge is -2.08. The van der Waals surface area contributed by atoms with Crippen molar-refractivity contribution in [1.82, 2.24) is 4.98 Å². The number of rotatable bonds is 5. The fraction of sp³-hybridized carbons (Fsp3) is 0.0435. The average molecular weight is 385 g/mol. The van der Waals surface area contributed by atoms with Crippen molar-refractivity contribution in [3.05, 3.63) is 90.1 Å². The zero-order valence-corrected chi connectivity index (χ0v) is 15.7. The number of methoxy groups -OCH3 is 1. The van der Waals surface area contributed by atoms with E-state index in [1.807, 2.05) is 24.3 Å². The fourth-order valence-electron chi connectivity index (χ4n) is 2.98. The number of benzene rings is 3. The molecule has 6 heteroatoms. The monoisotopic (exact) mass is 385 g/mol. The van der Waals surface area contributed by atoms with Crippen LogP contribution in [0, 0.1) is 0 Å². The topological polar surface area (TPSA) is 83.2 Å². The molecule has 4 rings (SSSR count). The zero-order valence-electron chi connectivity index (χ0n) is 15.7. The second-order valence-electron chi connectivity index (χ2n) is 6.48. The molecular formula is C23H19N3O3. The van der Waals surface area contributed by atoms with Gasteiger partial charge in [-0.3, -0.25) is 9.59 Å². The van der Waals surface area contributed by atoms with Gasteiger partial charge in [-0.25, -0.2) is 0 Å². The molecule has 0 atom stereocenters. The number of fused-ring (bicyclic) bond motifs is 1. The quantitative estimate of drug-likeness (QED) is 0.466. The van der Waals surface area contributed by atoms with Crippen molar-refractivity contribution in [2.45, 2.75) is 0 Å². The van der Waals surface area contributed by atoms with Crippen LogP contribution in [0.25, 0.3) is 10.9 Å². The predicted molar refractivity (Wildman–Crippen MR) is 114 cm³/mol. The maximum Gasteiger partial charge on any atom is 0.272 e. The molecule has 0 aliphatic rings. The van der Waals surface area contributed by atoms with E-state index >= 15 is 0 Å². The van der Waals surface area contributed by atoms with Crippen LogP contribution in [0.3, 0.4) is 0 Å². The van der Waals surface area contributed by atoms with Crippen LogP contribution in [0.4, 0.5) is 11.4 Å². The number of amides is 2.